The molecule has 18 heavy (non-hydrogen) atoms. The molecule has 0 saturated carbocycles. The lowest BCUT2D eigenvalue weighted by atomic mass is 10.1. The minimum absolute atomic E-state index is 0.130. The summed E-state index contributed by atoms with van der Waals surface area (Å²) in [6.07, 6.45) is 0. The minimum atomic E-state index is -0.457. The van der Waals surface area contributed by atoms with Gasteiger partial charge in [-0.05, 0) is 19.9 Å². The van der Waals surface area contributed by atoms with Gasteiger partial charge in [0, 0.05) is 18.0 Å². The Morgan fingerprint density at radius 2 is 1.94 bits per heavy atom. The van der Waals surface area contributed by atoms with Gasteiger partial charge in [0.2, 0.25) is 0 Å². The summed E-state index contributed by atoms with van der Waals surface area (Å²) >= 11 is 0. The number of hydrogen-bond donors (Lipinski definition) is 0. The summed E-state index contributed by atoms with van der Waals surface area (Å²) in [5.41, 5.74) is 1.61. The number of nitrogens with zero attached hydrogens (tertiary/aromatic N) is 1. The number of aryl methyl sites for hydroxylation is 1. The van der Waals surface area contributed by atoms with Crippen LogP contribution >= 0.6 is 0 Å². The number of esters is 1. The molecule has 1 aromatic carbocycles. The number of hydrogen-bond acceptors (Lipinski definition) is 3. The Balaban J connectivity index is 2.78. The van der Waals surface area contributed by atoms with Crippen molar-refractivity contribution in [1.29, 1.82) is 0 Å². The molecule has 2 aromatic rings. The van der Waals surface area contributed by atoms with Crippen LogP contribution in [0.15, 0.2) is 24.3 Å². The highest BCUT2D eigenvalue weighted by Gasteiger charge is 2.24. The van der Waals surface area contributed by atoms with Gasteiger partial charge < -0.3 is 9.30 Å². The summed E-state index contributed by atoms with van der Waals surface area (Å²) in [6, 6.07) is 7.45. The Labute approximate surface area is 105 Å². The highest BCUT2D eigenvalue weighted by Crippen LogP contribution is 2.26. The molecule has 1 aromatic heterocycles. The quantitative estimate of drug-likeness (QED) is 0.616. The molecule has 0 radical (unpaired) electrons. The SMILES string of the molecule is CCOC(=O)c1c(C(C)=O)c2ccccc2n1C. The second kappa shape index (κ2) is 4.64. The number of Topliss-reactive ketones (excluding diaryl/α,β-unsaturated/α-hetero) is 1. The van der Waals surface area contributed by atoms with Crippen LogP contribution < -0.4 is 0 Å². The maximum absolute atomic E-state index is 12.0. The predicted molar refractivity (Wildman–Crippen MR) is 68.9 cm³/mol. The van der Waals surface area contributed by atoms with E-state index in [4.69, 9.17) is 4.74 Å². The number of carbonyl (C=O) groups excluding carboxylic acids is 2. The van der Waals surface area contributed by atoms with Crippen LogP contribution in [-0.2, 0) is 11.8 Å². The molecule has 4 nitrogen and oxygen atoms in total. The van der Waals surface area contributed by atoms with Crippen molar-refractivity contribution in [1.82, 2.24) is 4.57 Å². The zero-order valence-corrected chi connectivity index (χ0v) is 10.7. The molecule has 0 fully saturated rings. The molecule has 0 atom stereocenters. The fourth-order valence-electron chi connectivity index (χ4n) is 2.19. The van der Waals surface area contributed by atoms with Gasteiger partial charge in [-0.15, -0.1) is 0 Å². The van der Waals surface area contributed by atoms with Crippen molar-refractivity contribution < 1.29 is 14.3 Å². The molecule has 4 heteroatoms. The number of para-hydroxylation sites is 1. The van der Waals surface area contributed by atoms with E-state index in [1.807, 2.05) is 24.3 Å². The highest BCUT2D eigenvalue weighted by atomic mass is 16.5. The molecule has 0 unspecified atom stereocenters. The monoisotopic (exact) mass is 245 g/mol. The zero-order valence-electron chi connectivity index (χ0n) is 10.7. The average Bonchev–Trinajstić information content (AvgIpc) is 2.64. The van der Waals surface area contributed by atoms with Crippen LogP contribution in [0.25, 0.3) is 10.9 Å². The van der Waals surface area contributed by atoms with Crippen molar-refractivity contribution in [3.63, 3.8) is 0 Å². The van der Waals surface area contributed by atoms with Gasteiger partial charge in [0.15, 0.2) is 5.78 Å². The second-order valence-corrected chi connectivity index (χ2v) is 4.08. The van der Waals surface area contributed by atoms with Gasteiger partial charge in [0.25, 0.3) is 0 Å². The van der Waals surface area contributed by atoms with Gasteiger partial charge in [0.05, 0.1) is 12.2 Å². The van der Waals surface area contributed by atoms with Crippen LogP contribution in [0, 0.1) is 0 Å². The lowest BCUT2D eigenvalue weighted by Gasteiger charge is -2.05. The van der Waals surface area contributed by atoms with Crippen molar-refractivity contribution >= 4 is 22.7 Å². The van der Waals surface area contributed by atoms with E-state index >= 15 is 0 Å². The van der Waals surface area contributed by atoms with E-state index < -0.39 is 5.97 Å². The lowest BCUT2D eigenvalue weighted by molar-refractivity contribution is 0.0512. The number of ether oxygens (including phenoxy) is 1. The van der Waals surface area contributed by atoms with Gasteiger partial charge in [-0.3, -0.25) is 4.79 Å². The molecule has 0 amide bonds. The number of rotatable bonds is 3. The summed E-state index contributed by atoms with van der Waals surface area (Å²) in [7, 11) is 1.76. The van der Waals surface area contributed by atoms with Crippen molar-refractivity contribution in [2.45, 2.75) is 13.8 Å². The van der Waals surface area contributed by atoms with E-state index in [1.165, 1.54) is 6.92 Å². The Bertz CT molecular complexity index is 625. The Kier molecular flexibility index (Phi) is 3.19. The van der Waals surface area contributed by atoms with Crippen molar-refractivity contribution in [3.05, 3.63) is 35.5 Å². The summed E-state index contributed by atoms with van der Waals surface area (Å²) in [4.78, 5) is 23.7. The molecule has 0 aliphatic heterocycles. The van der Waals surface area contributed by atoms with E-state index in [9.17, 15) is 9.59 Å². The Hall–Kier alpha value is -2.10. The van der Waals surface area contributed by atoms with Gasteiger partial charge in [-0.2, -0.15) is 0 Å². The van der Waals surface area contributed by atoms with Gasteiger partial charge in [-0.1, -0.05) is 18.2 Å². The van der Waals surface area contributed by atoms with Crippen LogP contribution in [-0.4, -0.2) is 22.9 Å². The molecule has 0 aliphatic carbocycles. The summed E-state index contributed by atoms with van der Waals surface area (Å²) in [5, 5.41) is 0.788. The van der Waals surface area contributed by atoms with E-state index in [0.29, 0.717) is 11.3 Å². The van der Waals surface area contributed by atoms with Crippen molar-refractivity contribution in [3.8, 4) is 0 Å². The first-order chi connectivity index (χ1) is 8.57. The normalized spacial score (nSPS) is 10.6. The molecule has 2 rings (SSSR count). The molecule has 0 N–H and O–H groups in total. The fourth-order valence-corrected chi connectivity index (χ4v) is 2.19. The number of benzene rings is 1. The average molecular weight is 245 g/mol. The highest BCUT2D eigenvalue weighted by molar-refractivity contribution is 6.14. The number of carbonyl (C=O) groups is 2. The predicted octanol–water partition coefficient (Wildman–Crippen LogP) is 2.56. The third-order valence-corrected chi connectivity index (χ3v) is 2.93. The first-order valence-electron chi connectivity index (χ1n) is 5.83. The number of aromatic nitrogens is 1. The lowest BCUT2D eigenvalue weighted by Crippen LogP contribution is -2.13. The largest absolute Gasteiger partial charge is 0.461 e. The van der Waals surface area contributed by atoms with Crippen molar-refractivity contribution in [2.75, 3.05) is 6.61 Å². The van der Waals surface area contributed by atoms with E-state index in [2.05, 4.69) is 0 Å². The topological polar surface area (TPSA) is 48.3 Å². The first kappa shape index (κ1) is 12.4. The van der Waals surface area contributed by atoms with Crippen LogP contribution in [0.4, 0.5) is 0 Å². The molecular weight excluding hydrogens is 230 g/mol. The summed E-state index contributed by atoms with van der Waals surface area (Å²) in [5.74, 6) is -0.587. The van der Waals surface area contributed by atoms with Crippen LogP contribution in [0.1, 0.15) is 34.7 Å². The fraction of sp³-hybridized carbons (Fsp3) is 0.286. The van der Waals surface area contributed by atoms with E-state index in [-0.39, 0.29) is 12.4 Å². The molecule has 0 spiro atoms. The van der Waals surface area contributed by atoms with Gasteiger partial charge in [0.1, 0.15) is 5.69 Å². The smallest absolute Gasteiger partial charge is 0.355 e. The standard InChI is InChI=1S/C14H15NO3/c1-4-18-14(17)13-12(9(2)16)10-7-5-6-8-11(10)15(13)3/h5-8H,4H2,1-3H3. The molecular formula is C14H15NO3. The molecule has 0 bridgehead atoms. The third kappa shape index (κ3) is 1.79. The molecule has 94 valence electrons. The summed E-state index contributed by atoms with van der Waals surface area (Å²) < 4.78 is 6.73. The van der Waals surface area contributed by atoms with E-state index in [0.717, 1.165) is 10.9 Å². The number of fused-ring (bicyclic) bond motifs is 1. The maximum Gasteiger partial charge on any atom is 0.355 e. The molecule has 1 heterocycles. The van der Waals surface area contributed by atoms with Crippen LogP contribution in [0.5, 0.6) is 0 Å². The number of ketones is 1. The van der Waals surface area contributed by atoms with Gasteiger partial charge in [-0.25, -0.2) is 4.79 Å². The van der Waals surface area contributed by atoms with Crippen molar-refractivity contribution in [2.24, 2.45) is 7.05 Å². The third-order valence-electron chi connectivity index (χ3n) is 2.93. The van der Waals surface area contributed by atoms with E-state index in [1.54, 1.807) is 18.5 Å². The Morgan fingerprint density at radius 3 is 2.56 bits per heavy atom. The summed E-state index contributed by atoms with van der Waals surface area (Å²) in [6.45, 7) is 3.50. The maximum atomic E-state index is 12.0. The van der Waals surface area contributed by atoms with Crippen LogP contribution in [0.2, 0.25) is 0 Å². The van der Waals surface area contributed by atoms with Crippen LogP contribution in [0.3, 0.4) is 0 Å². The molecule has 0 aliphatic rings. The minimum Gasteiger partial charge on any atom is -0.461 e. The van der Waals surface area contributed by atoms with Gasteiger partial charge >= 0.3 is 5.97 Å². The zero-order chi connectivity index (χ0) is 13.3. The second-order valence-electron chi connectivity index (χ2n) is 4.08. The molecule has 0 saturated heterocycles. The Morgan fingerprint density at radius 1 is 1.28 bits per heavy atom. The first-order valence-corrected chi connectivity index (χ1v) is 5.83.